The highest BCUT2D eigenvalue weighted by Gasteiger charge is 2.20. The van der Waals surface area contributed by atoms with Crippen LogP contribution in [0.1, 0.15) is 24.5 Å². The van der Waals surface area contributed by atoms with Crippen molar-refractivity contribution in [3.63, 3.8) is 0 Å². The average molecular weight is 398 g/mol. The maximum Gasteiger partial charge on any atom is 0.267 e. The van der Waals surface area contributed by atoms with Crippen molar-refractivity contribution in [2.45, 2.75) is 33.3 Å². The predicted molar refractivity (Wildman–Crippen MR) is 111 cm³/mol. The van der Waals surface area contributed by atoms with E-state index in [-0.39, 0.29) is 5.91 Å². The lowest BCUT2D eigenvalue weighted by Gasteiger charge is -2.17. The first kappa shape index (κ1) is 19.8. The fourth-order valence-corrected chi connectivity index (χ4v) is 3.55. The largest absolute Gasteiger partial charge is 0.497 e. The van der Waals surface area contributed by atoms with E-state index < -0.39 is 6.10 Å². The van der Waals surface area contributed by atoms with Gasteiger partial charge in [-0.25, -0.2) is 0 Å². The molecule has 1 amide bonds. The van der Waals surface area contributed by atoms with E-state index in [1.165, 1.54) is 11.3 Å². The number of methoxy groups -OCH3 is 1. The van der Waals surface area contributed by atoms with Crippen LogP contribution in [0.3, 0.4) is 0 Å². The number of hydrogen-bond acceptors (Lipinski definition) is 6. The summed E-state index contributed by atoms with van der Waals surface area (Å²) >= 11 is 1.32. The van der Waals surface area contributed by atoms with Crippen molar-refractivity contribution in [1.82, 2.24) is 10.2 Å². The topological polar surface area (TPSA) is 73.3 Å². The van der Waals surface area contributed by atoms with Crippen molar-refractivity contribution in [3.05, 3.63) is 53.6 Å². The number of rotatable bonds is 7. The molecule has 2 aromatic carbocycles. The first-order chi connectivity index (χ1) is 13.5. The Morgan fingerprint density at radius 1 is 1.07 bits per heavy atom. The lowest BCUT2D eigenvalue weighted by atomic mass is 10.1. The summed E-state index contributed by atoms with van der Waals surface area (Å²) in [5.74, 6) is 1.23. The van der Waals surface area contributed by atoms with Crippen LogP contribution in [0.25, 0.3) is 10.6 Å². The number of nitrogens with one attached hydrogen (secondary N) is 1. The van der Waals surface area contributed by atoms with Crippen molar-refractivity contribution in [2.24, 2.45) is 0 Å². The fourth-order valence-electron chi connectivity index (χ4n) is 2.80. The number of amides is 1. The van der Waals surface area contributed by atoms with Gasteiger partial charge in [0.1, 0.15) is 16.5 Å². The van der Waals surface area contributed by atoms with Crippen molar-refractivity contribution in [1.29, 1.82) is 0 Å². The maximum absolute atomic E-state index is 12.6. The molecule has 146 valence electrons. The van der Waals surface area contributed by atoms with Crippen LogP contribution in [0.15, 0.2) is 42.5 Å². The van der Waals surface area contributed by atoms with E-state index in [9.17, 15) is 4.79 Å². The van der Waals surface area contributed by atoms with Crippen LogP contribution in [0.2, 0.25) is 0 Å². The summed E-state index contributed by atoms with van der Waals surface area (Å²) < 4.78 is 11.1. The Morgan fingerprint density at radius 2 is 1.75 bits per heavy atom. The molecular weight excluding hydrogens is 374 g/mol. The van der Waals surface area contributed by atoms with Crippen LogP contribution in [0, 0.1) is 13.8 Å². The molecule has 0 fully saturated rings. The molecule has 0 aliphatic carbocycles. The summed E-state index contributed by atoms with van der Waals surface area (Å²) in [7, 11) is 1.62. The highest BCUT2D eigenvalue weighted by molar-refractivity contribution is 7.18. The van der Waals surface area contributed by atoms with Gasteiger partial charge in [0, 0.05) is 5.56 Å². The van der Waals surface area contributed by atoms with E-state index in [1.54, 1.807) is 7.11 Å². The monoisotopic (exact) mass is 397 g/mol. The highest BCUT2D eigenvalue weighted by Crippen LogP contribution is 2.28. The highest BCUT2D eigenvalue weighted by atomic mass is 32.1. The van der Waals surface area contributed by atoms with Crippen molar-refractivity contribution < 1.29 is 14.3 Å². The summed E-state index contributed by atoms with van der Waals surface area (Å²) in [5.41, 5.74) is 3.11. The first-order valence-corrected chi connectivity index (χ1v) is 9.84. The second kappa shape index (κ2) is 8.84. The number of aromatic nitrogens is 2. The number of aryl methyl sites for hydroxylation is 2. The Kier molecular flexibility index (Phi) is 6.26. The molecule has 3 aromatic rings. The van der Waals surface area contributed by atoms with Gasteiger partial charge in [-0.2, -0.15) is 0 Å². The lowest BCUT2D eigenvalue weighted by molar-refractivity contribution is -0.122. The predicted octanol–water partition coefficient (Wildman–Crippen LogP) is 4.63. The third kappa shape index (κ3) is 4.86. The first-order valence-electron chi connectivity index (χ1n) is 9.02. The van der Waals surface area contributed by atoms with Crippen molar-refractivity contribution in [3.8, 4) is 22.1 Å². The molecule has 0 aliphatic rings. The lowest BCUT2D eigenvalue weighted by Crippen LogP contribution is -2.32. The van der Waals surface area contributed by atoms with Gasteiger partial charge in [-0.1, -0.05) is 24.3 Å². The Labute approximate surface area is 168 Å². The van der Waals surface area contributed by atoms with E-state index in [4.69, 9.17) is 9.47 Å². The summed E-state index contributed by atoms with van der Waals surface area (Å²) in [6.45, 7) is 5.92. The SMILES string of the molecule is CCC(Oc1cc(C)cc(C)c1)C(=O)Nc1nnc(-c2ccc(OC)cc2)s1. The van der Waals surface area contributed by atoms with Gasteiger partial charge in [0.25, 0.3) is 5.91 Å². The number of carbonyl (C=O) groups excluding carboxylic acids is 1. The molecular formula is C21H23N3O3S. The van der Waals surface area contributed by atoms with Gasteiger partial charge in [0.15, 0.2) is 6.10 Å². The molecule has 1 aromatic heterocycles. The summed E-state index contributed by atoms with van der Waals surface area (Å²) in [5, 5.41) is 12.2. The second-order valence-corrected chi connectivity index (χ2v) is 7.45. The molecule has 1 heterocycles. The van der Waals surface area contributed by atoms with Crippen LogP contribution in [-0.2, 0) is 4.79 Å². The zero-order chi connectivity index (χ0) is 20.1. The average Bonchev–Trinajstić information content (AvgIpc) is 3.13. The van der Waals surface area contributed by atoms with Gasteiger partial charge in [0.2, 0.25) is 5.13 Å². The van der Waals surface area contributed by atoms with Gasteiger partial charge in [0.05, 0.1) is 7.11 Å². The molecule has 6 nitrogen and oxygen atoms in total. The zero-order valence-electron chi connectivity index (χ0n) is 16.4. The van der Waals surface area contributed by atoms with E-state index >= 15 is 0 Å². The van der Waals surface area contributed by atoms with Gasteiger partial charge in [-0.15, -0.1) is 10.2 Å². The van der Waals surface area contributed by atoms with E-state index in [0.29, 0.717) is 17.3 Å². The van der Waals surface area contributed by atoms with Crippen LogP contribution in [-0.4, -0.2) is 29.3 Å². The summed E-state index contributed by atoms with van der Waals surface area (Å²) in [6, 6.07) is 13.5. The minimum Gasteiger partial charge on any atom is -0.497 e. The number of hydrogen-bond donors (Lipinski definition) is 1. The molecule has 28 heavy (non-hydrogen) atoms. The van der Waals surface area contributed by atoms with Gasteiger partial charge in [-0.05, 0) is 67.8 Å². The van der Waals surface area contributed by atoms with Gasteiger partial charge < -0.3 is 9.47 Å². The van der Waals surface area contributed by atoms with Crippen molar-refractivity contribution in [2.75, 3.05) is 12.4 Å². The third-order valence-corrected chi connectivity index (χ3v) is 5.02. The molecule has 0 spiro atoms. The number of carbonyl (C=O) groups is 1. The molecule has 1 atom stereocenters. The standard InChI is InChI=1S/C21H23N3O3S/c1-5-18(27-17-11-13(2)10-14(3)12-17)19(25)22-21-24-23-20(28-21)15-6-8-16(26-4)9-7-15/h6-12,18H,5H2,1-4H3,(H,22,24,25). The van der Waals surface area contributed by atoms with Crippen molar-refractivity contribution >= 4 is 22.4 Å². The summed E-state index contributed by atoms with van der Waals surface area (Å²) in [4.78, 5) is 12.6. The smallest absolute Gasteiger partial charge is 0.267 e. The Bertz CT molecular complexity index is 934. The Hall–Kier alpha value is -2.93. The van der Waals surface area contributed by atoms with Gasteiger partial charge >= 0.3 is 0 Å². The van der Waals surface area contributed by atoms with Crippen LogP contribution in [0.5, 0.6) is 11.5 Å². The summed E-state index contributed by atoms with van der Waals surface area (Å²) in [6.07, 6.45) is -0.0577. The van der Waals surface area contributed by atoms with E-state index in [1.807, 2.05) is 57.2 Å². The Balaban J connectivity index is 1.68. The van der Waals surface area contributed by atoms with Crippen LogP contribution >= 0.6 is 11.3 Å². The quantitative estimate of drug-likeness (QED) is 0.629. The number of anilines is 1. The Morgan fingerprint density at radius 3 is 2.36 bits per heavy atom. The second-order valence-electron chi connectivity index (χ2n) is 6.47. The number of ether oxygens (including phenoxy) is 2. The number of nitrogens with zero attached hydrogens (tertiary/aromatic N) is 2. The van der Waals surface area contributed by atoms with E-state index in [0.717, 1.165) is 27.4 Å². The molecule has 3 rings (SSSR count). The maximum atomic E-state index is 12.6. The molecule has 1 N–H and O–H groups in total. The molecule has 0 saturated heterocycles. The molecule has 7 heteroatoms. The van der Waals surface area contributed by atoms with E-state index in [2.05, 4.69) is 21.6 Å². The fraction of sp³-hybridized carbons (Fsp3) is 0.286. The molecule has 1 unspecified atom stereocenters. The van der Waals surface area contributed by atoms with Crippen LogP contribution in [0.4, 0.5) is 5.13 Å². The zero-order valence-corrected chi connectivity index (χ0v) is 17.2. The number of benzene rings is 2. The third-order valence-electron chi connectivity index (χ3n) is 4.13. The molecule has 0 aliphatic heterocycles. The molecule has 0 bridgehead atoms. The van der Waals surface area contributed by atoms with Crippen LogP contribution < -0.4 is 14.8 Å². The normalized spacial score (nSPS) is 11.7. The molecule has 0 radical (unpaired) electrons. The molecule has 0 saturated carbocycles. The minimum atomic E-state index is -0.602. The van der Waals surface area contributed by atoms with Gasteiger partial charge in [-0.3, -0.25) is 10.1 Å². The minimum absolute atomic E-state index is 0.237.